The molecule has 0 aliphatic carbocycles. The Balaban J connectivity index is 1.65. The molecule has 2 nitrogen and oxygen atoms in total. The highest BCUT2D eigenvalue weighted by Gasteiger charge is 2.24. The zero-order valence-electron chi connectivity index (χ0n) is 14.7. The molecule has 22 heavy (non-hydrogen) atoms. The van der Waals surface area contributed by atoms with Crippen molar-refractivity contribution >= 4 is 0 Å². The molecule has 1 heterocycles. The zero-order valence-corrected chi connectivity index (χ0v) is 14.7. The van der Waals surface area contributed by atoms with E-state index in [1.165, 1.54) is 63.2 Å². The summed E-state index contributed by atoms with van der Waals surface area (Å²) in [5.41, 5.74) is 2.94. The summed E-state index contributed by atoms with van der Waals surface area (Å²) in [5.74, 6) is 0.848. The minimum absolute atomic E-state index is 0.848. The standard InChI is InChI=1S/C20H32N2/c1-18(2)8-7-9-19(3)16-21-12-14-22(15-13-21)17-20-10-5-4-6-11-20/h4-6,8,10-11,19H,7,9,12-17H2,1-3H3/p+2/t19-/m1/s1. The lowest BCUT2D eigenvalue weighted by Gasteiger charge is -2.31. The average Bonchev–Trinajstić information content (AvgIpc) is 2.50. The normalized spacial score (nSPS) is 23.0. The third kappa shape index (κ3) is 6.33. The quantitative estimate of drug-likeness (QED) is 0.704. The molecule has 122 valence electrons. The summed E-state index contributed by atoms with van der Waals surface area (Å²) < 4.78 is 0. The summed E-state index contributed by atoms with van der Waals surface area (Å²) >= 11 is 0. The first-order valence-electron chi connectivity index (χ1n) is 8.98. The van der Waals surface area contributed by atoms with E-state index in [1.54, 1.807) is 4.90 Å². The Bertz CT molecular complexity index is 440. The smallest absolute Gasteiger partial charge is 0.127 e. The summed E-state index contributed by atoms with van der Waals surface area (Å²) in [7, 11) is 0. The zero-order chi connectivity index (χ0) is 15.8. The topological polar surface area (TPSA) is 8.88 Å². The van der Waals surface area contributed by atoms with Gasteiger partial charge in [0.25, 0.3) is 0 Å². The summed E-state index contributed by atoms with van der Waals surface area (Å²) in [6.45, 7) is 14.7. The van der Waals surface area contributed by atoms with Gasteiger partial charge >= 0.3 is 0 Å². The number of benzene rings is 1. The molecule has 0 amide bonds. The minimum Gasteiger partial charge on any atom is -0.325 e. The Morgan fingerprint density at radius 1 is 1.05 bits per heavy atom. The lowest BCUT2D eigenvalue weighted by molar-refractivity contribution is -1.02. The number of hydrogen-bond donors (Lipinski definition) is 2. The molecule has 2 rings (SSSR count). The van der Waals surface area contributed by atoms with E-state index in [0.29, 0.717) is 0 Å². The van der Waals surface area contributed by atoms with Crippen LogP contribution in [0.5, 0.6) is 0 Å². The SMILES string of the molecule is CC(C)=CCC[C@@H](C)C[NH+]1CC[NH+](Cc2ccccc2)CC1. The Kier molecular flexibility index (Phi) is 7.14. The molecule has 1 atom stereocenters. The van der Waals surface area contributed by atoms with Crippen LogP contribution in [-0.4, -0.2) is 32.7 Å². The van der Waals surface area contributed by atoms with Gasteiger partial charge in [-0.05, 0) is 26.7 Å². The van der Waals surface area contributed by atoms with Crippen LogP contribution in [0.1, 0.15) is 39.2 Å². The van der Waals surface area contributed by atoms with Gasteiger partial charge in [-0.25, -0.2) is 0 Å². The van der Waals surface area contributed by atoms with Gasteiger partial charge in [-0.15, -0.1) is 0 Å². The van der Waals surface area contributed by atoms with Crippen LogP contribution in [0.25, 0.3) is 0 Å². The van der Waals surface area contributed by atoms with Gasteiger partial charge in [-0.2, -0.15) is 0 Å². The van der Waals surface area contributed by atoms with Crippen molar-refractivity contribution in [3.8, 4) is 0 Å². The molecule has 1 saturated heterocycles. The third-order valence-electron chi connectivity index (χ3n) is 4.81. The molecule has 1 aromatic carbocycles. The van der Waals surface area contributed by atoms with E-state index in [2.05, 4.69) is 57.2 Å². The molecule has 0 spiro atoms. The van der Waals surface area contributed by atoms with Crippen LogP contribution in [-0.2, 0) is 6.54 Å². The maximum absolute atomic E-state index is 2.43. The number of allylic oxidation sites excluding steroid dienone is 2. The van der Waals surface area contributed by atoms with Crippen LogP contribution in [0.3, 0.4) is 0 Å². The lowest BCUT2D eigenvalue weighted by Crippen LogP contribution is -3.27. The number of piperazine rings is 1. The Morgan fingerprint density at radius 3 is 2.32 bits per heavy atom. The Hall–Kier alpha value is -1.12. The van der Waals surface area contributed by atoms with E-state index in [0.717, 1.165) is 5.92 Å². The second-order valence-corrected chi connectivity index (χ2v) is 7.33. The third-order valence-corrected chi connectivity index (χ3v) is 4.81. The van der Waals surface area contributed by atoms with Crippen molar-refractivity contribution in [2.75, 3.05) is 32.7 Å². The van der Waals surface area contributed by atoms with Gasteiger partial charge in [0.1, 0.15) is 32.7 Å². The highest BCUT2D eigenvalue weighted by atomic mass is 15.3. The van der Waals surface area contributed by atoms with Gasteiger partial charge in [-0.3, -0.25) is 0 Å². The summed E-state index contributed by atoms with van der Waals surface area (Å²) in [4.78, 5) is 3.58. The van der Waals surface area contributed by atoms with Crippen LogP contribution in [0.15, 0.2) is 42.0 Å². The fourth-order valence-corrected chi connectivity index (χ4v) is 3.47. The number of hydrogen-bond acceptors (Lipinski definition) is 0. The molecule has 0 radical (unpaired) electrons. The molecule has 0 bridgehead atoms. The number of rotatable bonds is 7. The van der Waals surface area contributed by atoms with Crippen molar-refractivity contribution in [3.63, 3.8) is 0 Å². The molecule has 1 aliphatic heterocycles. The van der Waals surface area contributed by atoms with E-state index in [-0.39, 0.29) is 0 Å². The van der Waals surface area contributed by atoms with Crippen LogP contribution >= 0.6 is 0 Å². The fraction of sp³-hybridized carbons (Fsp3) is 0.600. The molecule has 2 N–H and O–H groups in total. The Labute approximate surface area is 136 Å². The maximum atomic E-state index is 2.43. The Morgan fingerprint density at radius 2 is 1.68 bits per heavy atom. The molecule has 0 aromatic heterocycles. The van der Waals surface area contributed by atoms with Gasteiger partial charge in [0.05, 0.1) is 6.54 Å². The molecular weight excluding hydrogens is 268 g/mol. The van der Waals surface area contributed by atoms with Gasteiger partial charge in [0, 0.05) is 11.5 Å². The average molecular weight is 303 g/mol. The van der Waals surface area contributed by atoms with E-state index in [1.807, 2.05) is 4.90 Å². The van der Waals surface area contributed by atoms with Gasteiger partial charge in [-0.1, -0.05) is 48.9 Å². The molecule has 2 heteroatoms. The molecule has 0 unspecified atom stereocenters. The van der Waals surface area contributed by atoms with Crippen molar-refractivity contribution in [2.45, 2.75) is 40.2 Å². The monoisotopic (exact) mass is 302 g/mol. The van der Waals surface area contributed by atoms with E-state index < -0.39 is 0 Å². The van der Waals surface area contributed by atoms with Crippen molar-refractivity contribution < 1.29 is 9.80 Å². The maximum Gasteiger partial charge on any atom is 0.127 e. The predicted octanol–water partition coefficient (Wildman–Crippen LogP) is 1.35. The first-order valence-corrected chi connectivity index (χ1v) is 8.98. The van der Waals surface area contributed by atoms with Crippen LogP contribution < -0.4 is 9.80 Å². The second-order valence-electron chi connectivity index (χ2n) is 7.33. The van der Waals surface area contributed by atoms with E-state index in [9.17, 15) is 0 Å². The summed E-state index contributed by atoms with van der Waals surface area (Å²) in [5, 5.41) is 0. The lowest BCUT2D eigenvalue weighted by atomic mass is 10.0. The molecule has 0 saturated carbocycles. The molecule has 1 aliphatic rings. The van der Waals surface area contributed by atoms with Crippen LogP contribution in [0.2, 0.25) is 0 Å². The second kappa shape index (κ2) is 9.12. The summed E-state index contributed by atoms with van der Waals surface area (Å²) in [6, 6.07) is 10.9. The minimum atomic E-state index is 0.848. The van der Waals surface area contributed by atoms with Crippen LogP contribution in [0, 0.1) is 5.92 Å². The number of nitrogens with one attached hydrogen (secondary N) is 2. The molecule has 1 aromatic rings. The first-order chi connectivity index (χ1) is 10.6. The molecule has 1 fully saturated rings. The van der Waals surface area contributed by atoms with Gasteiger partial charge in [0.2, 0.25) is 0 Å². The van der Waals surface area contributed by atoms with Gasteiger partial charge in [0.15, 0.2) is 0 Å². The fourth-order valence-electron chi connectivity index (χ4n) is 3.47. The van der Waals surface area contributed by atoms with E-state index >= 15 is 0 Å². The highest BCUT2D eigenvalue weighted by Crippen LogP contribution is 2.05. The van der Waals surface area contributed by atoms with Gasteiger partial charge < -0.3 is 9.80 Å². The van der Waals surface area contributed by atoms with Crippen molar-refractivity contribution in [1.29, 1.82) is 0 Å². The largest absolute Gasteiger partial charge is 0.325 e. The summed E-state index contributed by atoms with van der Waals surface area (Å²) in [6.07, 6.45) is 4.98. The van der Waals surface area contributed by atoms with Crippen molar-refractivity contribution in [2.24, 2.45) is 5.92 Å². The van der Waals surface area contributed by atoms with E-state index in [4.69, 9.17) is 0 Å². The number of quaternary nitrogens is 2. The molecular formula is C20H34N2+2. The predicted molar refractivity (Wildman–Crippen MR) is 94.2 cm³/mol. The van der Waals surface area contributed by atoms with Crippen LogP contribution in [0.4, 0.5) is 0 Å². The van der Waals surface area contributed by atoms with Crippen molar-refractivity contribution in [1.82, 2.24) is 0 Å². The highest BCUT2D eigenvalue weighted by molar-refractivity contribution is 5.13. The van der Waals surface area contributed by atoms with Crippen molar-refractivity contribution in [3.05, 3.63) is 47.5 Å². The first kappa shape index (κ1) is 17.2.